The van der Waals surface area contributed by atoms with Gasteiger partial charge in [-0.3, -0.25) is 4.79 Å². The van der Waals surface area contributed by atoms with Crippen molar-refractivity contribution in [2.24, 2.45) is 0 Å². The summed E-state index contributed by atoms with van der Waals surface area (Å²) in [5.41, 5.74) is 0.491. The molecule has 0 aromatic heterocycles. The maximum Gasteiger partial charge on any atom is 0.252 e. The molecule has 0 spiro atoms. The lowest BCUT2D eigenvalue weighted by Gasteiger charge is -2.00. The lowest BCUT2D eigenvalue weighted by Crippen LogP contribution is -2.23. The van der Waals surface area contributed by atoms with Gasteiger partial charge in [0.25, 0.3) is 5.91 Å². The van der Waals surface area contributed by atoms with Crippen LogP contribution in [0.25, 0.3) is 0 Å². The Morgan fingerprint density at radius 1 is 1.10 bits per heavy atom. The van der Waals surface area contributed by atoms with E-state index in [-0.39, 0.29) is 17.7 Å². The molecule has 0 saturated carbocycles. The van der Waals surface area contributed by atoms with Crippen LogP contribution < -0.4 is 5.32 Å². The first-order valence-corrected chi connectivity index (χ1v) is 5.94. The Labute approximate surface area is 115 Å². The maximum atomic E-state index is 13.3. The van der Waals surface area contributed by atoms with Crippen molar-refractivity contribution in [3.63, 3.8) is 0 Å². The Kier molecular flexibility index (Phi) is 4.46. The molecule has 1 amide bonds. The van der Waals surface area contributed by atoms with E-state index in [1.165, 1.54) is 24.3 Å². The van der Waals surface area contributed by atoms with E-state index >= 15 is 0 Å². The molecule has 0 aliphatic rings. The second-order valence-electron chi connectivity index (χ2n) is 3.97. The summed E-state index contributed by atoms with van der Waals surface area (Å²) in [6.45, 7) is 0.0592. The smallest absolute Gasteiger partial charge is 0.252 e. The quantitative estimate of drug-likeness (QED) is 0.836. The van der Waals surface area contributed by atoms with E-state index in [1.807, 2.05) is 0 Å². The molecule has 0 heterocycles. The number of hydrogen-bond acceptors (Lipinski definition) is 1. The summed E-state index contributed by atoms with van der Waals surface area (Å²) in [6, 6.07) is 11.5. The molecule has 0 unspecified atom stereocenters. The fourth-order valence-corrected chi connectivity index (χ4v) is 1.56. The summed E-state index contributed by atoms with van der Waals surface area (Å²) in [6.07, 6.45) is 0. The number of nitrogens with one attached hydrogen (secondary N) is 1. The molecule has 0 fully saturated rings. The van der Waals surface area contributed by atoms with Crippen molar-refractivity contribution in [1.82, 2.24) is 5.32 Å². The topological polar surface area (TPSA) is 29.1 Å². The molecule has 0 saturated heterocycles. The van der Waals surface area contributed by atoms with Gasteiger partial charge in [0, 0.05) is 5.56 Å². The fourth-order valence-electron chi connectivity index (χ4n) is 1.56. The average molecular weight is 271 g/mol. The van der Waals surface area contributed by atoms with Gasteiger partial charge < -0.3 is 5.32 Å². The number of benzene rings is 2. The molecule has 2 rings (SSSR count). The van der Waals surface area contributed by atoms with Crippen LogP contribution in [0.4, 0.5) is 8.78 Å². The summed E-state index contributed by atoms with van der Waals surface area (Å²) in [5.74, 6) is 3.95. The van der Waals surface area contributed by atoms with Gasteiger partial charge in [-0.2, -0.15) is 0 Å². The zero-order valence-corrected chi connectivity index (χ0v) is 10.5. The first-order chi connectivity index (χ1) is 9.66. The van der Waals surface area contributed by atoms with Crippen LogP contribution in [0, 0.1) is 23.5 Å². The highest BCUT2D eigenvalue weighted by atomic mass is 19.1. The number of hydrogen-bond donors (Lipinski definition) is 1. The van der Waals surface area contributed by atoms with Crippen LogP contribution in [-0.4, -0.2) is 12.5 Å². The Morgan fingerprint density at radius 3 is 2.65 bits per heavy atom. The molecular formula is C16H11F2NO. The molecule has 4 heteroatoms. The predicted octanol–water partition coefficient (Wildman–Crippen LogP) is 2.75. The van der Waals surface area contributed by atoms with Crippen molar-refractivity contribution in [3.8, 4) is 11.8 Å². The third kappa shape index (κ3) is 3.66. The van der Waals surface area contributed by atoms with Crippen LogP contribution in [0.1, 0.15) is 15.9 Å². The highest BCUT2D eigenvalue weighted by Crippen LogP contribution is 2.04. The van der Waals surface area contributed by atoms with Crippen molar-refractivity contribution in [2.75, 3.05) is 6.54 Å². The standard InChI is InChI=1S/C16H11F2NO/c17-14-8-3-6-13(11-14)16(20)19-10-4-7-12-5-1-2-9-15(12)18/h1-3,5-6,8-9,11H,10H2,(H,19,20). The maximum absolute atomic E-state index is 13.3. The number of halogens is 2. The fraction of sp³-hybridized carbons (Fsp3) is 0.0625. The van der Waals surface area contributed by atoms with E-state index in [1.54, 1.807) is 18.2 Å². The highest BCUT2D eigenvalue weighted by molar-refractivity contribution is 5.94. The summed E-state index contributed by atoms with van der Waals surface area (Å²) in [5, 5.41) is 2.51. The Hall–Kier alpha value is -2.67. The van der Waals surface area contributed by atoms with Gasteiger partial charge in [0.2, 0.25) is 0 Å². The van der Waals surface area contributed by atoms with Crippen molar-refractivity contribution in [2.45, 2.75) is 0 Å². The Bertz CT molecular complexity index is 686. The van der Waals surface area contributed by atoms with Crippen molar-refractivity contribution < 1.29 is 13.6 Å². The second kappa shape index (κ2) is 6.48. The summed E-state index contributed by atoms with van der Waals surface area (Å²) in [4.78, 5) is 11.7. The number of carbonyl (C=O) groups is 1. The molecule has 0 bridgehead atoms. The minimum atomic E-state index is -0.477. The first kappa shape index (κ1) is 13.8. The van der Waals surface area contributed by atoms with Crippen LogP contribution in [0.15, 0.2) is 48.5 Å². The van der Waals surface area contributed by atoms with Crippen LogP contribution in [-0.2, 0) is 0 Å². The van der Waals surface area contributed by atoms with Gasteiger partial charge >= 0.3 is 0 Å². The summed E-state index contributed by atoms with van der Waals surface area (Å²) < 4.78 is 26.2. The van der Waals surface area contributed by atoms with Crippen LogP contribution in [0.5, 0.6) is 0 Å². The minimum Gasteiger partial charge on any atom is -0.341 e. The monoisotopic (exact) mass is 271 g/mol. The molecule has 2 aromatic carbocycles. The Balaban J connectivity index is 1.94. The summed E-state index contributed by atoms with van der Waals surface area (Å²) in [7, 11) is 0. The van der Waals surface area contributed by atoms with Gasteiger partial charge in [-0.05, 0) is 30.3 Å². The van der Waals surface area contributed by atoms with E-state index in [4.69, 9.17) is 0 Å². The normalized spacial score (nSPS) is 9.50. The predicted molar refractivity (Wildman–Crippen MR) is 72.0 cm³/mol. The van der Waals surface area contributed by atoms with Crippen molar-refractivity contribution >= 4 is 5.91 Å². The van der Waals surface area contributed by atoms with Gasteiger partial charge in [0.1, 0.15) is 11.6 Å². The number of rotatable bonds is 2. The molecule has 2 nitrogen and oxygen atoms in total. The van der Waals surface area contributed by atoms with Gasteiger partial charge in [0.05, 0.1) is 12.1 Å². The van der Waals surface area contributed by atoms with E-state index < -0.39 is 17.5 Å². The first-order valence-electron chi connectivity index (χ1n) is 5.94. The average Bonchev–Trinajstić information content (AvgIpc) is 2.45. The molecule has 0 aliphatic heterocycles. The molecule has 100 valence electrons. The highest BCUT2D eigenvalue weighted by Gasteiger charge is 2.04. The van der Waals surface area contributed by atoms with Gasteiger partial charge in [-0.1, -0.05) is 30.0 Å². The second-order valence-corrected chi connectivity index (χ2v) is 3.97. The molecule has 2 aromatic rings. The van der Waals surface area contributed by atoms with Crippen LogP contribution >= 0.6 is 0 Å². The molecule has 0 atom stereocenters. The molecule has 0 aliphatic carbocycles. The van der Waals surface area contributed by atoms with Crippen molar-refractivity contribution in [1.29, 1.82) is 0 Å². The third-order valence-electron chi connectivity index (χ3n) is 2.52. The lowest BCUT2D eigenvalue weighted by molar-refractivity contribution is 0.0958. The molecule has 20 heavy (non-hydrogen) atoms. The zero-order valence-electron chi connectivity index (χ0n) is 10.5. The van der Waals surface area contributed by atoms with E-state index in [2.05, 4.69) is 17.2 Å². The van der Waals surface area contributed by atoms with E-state index in [9.17, 15) is 13.6 Å². The number of carbonyl (C=O) groups excluding carboxylic acids is 1. The minimum absolute atomic E-state index is 0.0592. The lowest BCUT2D eigenvalue weighted by atomic mass is 10.2. The van der Waals surface area contributed by atoms with Gasteiger partial charge in [-0.15, -0.1) is 0 Å². The Morgan fingerprint density at radius 2 is 1.90 bits per heavy atom. The van der Waals surface area contributed by atoms with E-state index in [0.29, 0.717) is 0 Å². The van der Waals surface area contributed by atoms with Crippen LogP contribution in [0.2, 0.25) is 0 Å². The van der Waals surface area contributed by atoms with Gasteiger partial charge in [0.15, 0.2) is 0 Å². The molecule has 1 N–H and O–H groups in total. The zero-order chi connectivity index (χ0) is 14.4. The third-order valence-corrected chi connectivity index (χ3v) is 2.52. The largest absolute Gasteiger partial charge is 0.341 e. The van der Waals surface area contributed by atoms with Crippen molar-refractivity contribution in [3.05, 3.63) is 71.3 Å². The van der Waals surface area contributed by atoms with Gasteiger partial charge in [-0.25, -0.2) is 8.78 Å². The van der Waals surface area contributed by atoms with Crippen LogP contribution in [0.3, 0.4) is 0 Å². The molecular weight excluding hydrogens is 260 g/mol. The number of amides is 1. The van der Waals surface area contributed by atoms with E-state index in [0.717, 1.165) is 6.07 Å². The molecule has 0 radical (unpaired) electrons. The summed E-state index contributed by atoms with van der Waals surface area (Å²) >= 11 is 0. The SMILES string of the molecule is O=C(NCC#Cc1ccccc1F)c1cccc(F)c1.